The van der Waals surface area contributed by atoms with Gasteiger partial charge in [0.1, 0.15) is 11.5 Å². The summed E-state index contributed by atoms with van der Waals surface area (Å²) in [6, 6.07) is 18.0. The first-order chi connectivity index (χ1) is 12.4. The van der Waals surface area contributed by atoms with E-state index in [1.54, 1.807) is 0 Å². The lowest BCUT2D eigenvalue weighted by molar-refractivity contribution is 0.0579. The molecule has 0 aromatic heterocycles. The van der Waals surface area contributed by atoms with E-state index in [-0.39, 0.29) is 11.2 Å². The van der Waals surface area contributed by atoms with E-state index >= 15 is 0 Å². The molecule has 3 rings (SSSR count). The summed E-state index contributed by atoms with van der Waals surface area (Å²) < 4.78 is 17.9. The van der Waals surface area contributed by atoms with E-state index in [1.165, 1.54) is 0 Å². The van der Waals surface area contributed by atoms with Crippen molar-refractivity contribution < 1.29 is 13.8 Å². The van der Waals surface area contributed by atoms with Gasteiger partial charge in [0.15, 0.2) is 0 Å². The summed E-state index contributed by atoms with van der Waals surface area (Å²) in [6.45, 7) is 5.53. The molecule has 1 fully saturated rings. The van der Waals surface area contributed by atoms with E-state index in [2.05, 4.69) is 31.3 Å². The molecule has 140 valence electrons. The Kier molecular flexibility index (Phi) is 6.03. The van der Waals surface area contributed by atoms with E-state index in [9.17, 15) is 0 Å². The van der Waals surface area contributed by atoms with Crippen LogP contribution in [-0.4, -0.2) is 19.8 Å². The molecule has 2 aromatic carbocycles. The second-order valence-electron chi connectivity index (χ2n) is 7.17. The molecule has 6 heteroatoms. The van der Waals surface area contributed by atoms with Crippen molar-refractivity contribution in [3.05, 3.63) is 60.2 Å². The first-order valence-corrected chi connectivity index (χ1v) is 11.6. The monoisotopic (exact) mass is 391 g/mol. The summed E-state index contributed by atoms with van der Waals surface area (Å²) in [5.74, 6) is 0.611. The number of rotatable bonds is 6. The van der Waals surface area contributed by atoms with Gasteiger partial charge < -0.3 is 19.1 Å². The lowest BCUT2D eigenvalue weighted by Gasteiger charge is -2.40. The molecule has 1 heterocycles. The van der Waals surface area contributed by atoms with E-state index in [0.29, 0.717) is 19.8 Å². The molecule has 26 heavy (non-hydrogen) atoms. The Labute approximate surface area is 161 Å². The molecule has 0 aliphatic carbocycles. The molecular formula is C20H26NO3PS. The fourth-order valence-corrected chi connectivity index (χ4v) is 5.85. The summed E-state index contributed by atoms with van der Waals surface area (Å²) in [5, 5.41) is 3.55. The molecule has 0 unspecified atom stereocenters. The smallest absolute Gasteiger partial charge is 0.215 e. The maximum Gasteiger partial charge on any atom is 0.215 e. The molecule has 1 aliphatic rings. The van der Waals surface area contributed by atoms with Crippen molar-refractivity contribution in [2.45, 2.75) is 26.6 Å². The van der Waals surface area contributed by atoms with Crippen molar-refractivity contribution in [3.8, 4) is 5.75 Å². The third-order valence-corrected chi connectivity index (χ3v) is 7.45. The zero-order valence-electron chi connectivity index (χ0n) is 15.5. The van der Waals surface area contributed by atoms with Crippen LogP contribution in [0.5, 0.6) is 5.75 Å². The minimum atomic E-state index is -2.54. The molecule has 1 saturated heterocycles. The topological polar surface area (TPSA) is 39.7 Å². The van der Waals surface area contributed by atoms with Crippen molar-refractivity contribution in [2.24, 2.45) is 5.41 Å². The minimum Gasteiger partial charge on any atom is -0.494 e. The molecule has 1 aliphatic heterocycles. The van der Waals surface area contributed by atoms with Crippen molar-refractivity contribution in [1.29, 1.82) is 0 Å². The number of nitrogens with one attached hydrogen (secondary N) is 1. The van der Waals surface area contributed by atoms with Crippen LogP contribution in [0.1, 0.15) is 32.1 Å². The van der Waals surface area contributed by atoms with Crippen molar-refractivity contribution in [3.63, 3.8) is 0 Å². The maximum absolute atomic E-state index is 6.16. The number of anilines is 1. The van der Waals surface area contributed by atoms with Crippen LogP contribution in [0.3, 0.4) is 0 Å². The Morgan fingerprint density at radius 1 is 1.12 bits per heavy atom. The lowest BCUT2D eigenvalue weighted by Crippen LogP contribution is -2.31. The van der Waals surface area contributed by atoms with E-state index in [4.69, 9.17) is 25.6 Å². The normalized spacial score (nSPS) is 19.5. The Bertz CT molecular complexity index is 768. The van der Waals surface area contributed by atoms with Crippen LogP contribution in [0.4, 0.5) is 5.69 Å². The van der Waals surface area contributed by atoms with Gasteiger partial charge >= 0.3 is 0 Å². The van der Waals surface area contributed by atoms with Gasteiger partial charge in [-0.25, -0.2) is 0 Å². The predicted octanol–water partition coefficient (Wildman–Crippen LogP) is 5.58. The van der Waals surface area contributed by atoms with Gasteiger partial charge in [-0.3, -0.25) is 0 Å². The second-order valence-corrected chi connectivity index (χ2v) is 10.8. The van der Waals surface area contributed by atoms with Crippen LogP contribution in [0.25, 0.3) is 0 Å². The first kappa shape index (κ1) is 19.4. The fraction of sp³-hybridized carbons (Fsp3) is 0.400. The zero-order chi connectivity index (χ0) is 18.6. The third-order valence-electron chi connectivity index (χ3n) is 4.15. The Balaban J connectivity index is 1.90. The molecule has 4 nitrogen and oxygen atoms in total. The molecule has 1 atom stereocenters. The van der Waals surface area contributed by atoms with Crippen LogP contribution in [-0.2, 0) is 20.9 Å². The zero-order valence-corrected chi connectivity index (χ0v) is 17.2. The summed E-state index contributed by atoms with van der Waals surface area (Å²) in [6.07, 6.45) is 0. The van der Waals surface area contributed by atoms with Gasteiger partial charge in [0.05, 0.1) is 19.8 Å². The van der Waals surface area contributed by atoms with Gasteiger partial charge in [-0.1, -0.05) is 50.2 Å². The average molecular weight is 391 g/mol. The van der Waals surface area contributed by atoms with Crippen molar-refractivity contribution in [1.82, 2.24) is 0 Å². The molecule has 0 bridgehead atoms. The van der Waals surface area contributed by atoms with Crippen LogP contribution < -0.4 is 10.1 Å². The van der Waals surface area contributed by atoms with Gasteiger partial charge in [-0.05, 0) is 36.4 Å². The van der Waals surface area contributed by atoms with Crippen LogP contribution in [0.2, 0.25) is 0 Å². The molecule has 0 spiro atoms. The Hall–Kier alpha value is -1.39. The standard InChI is InChI=1S/C20H26NO3PS/c1-4-22-18-12-8-11-17(13-18)21-19(16-9-6-5-7-10-16)25(26)23-14-20(2,3)15-24-25/h5-13,19,21H,4,14-15H2,1-3H3/t19-/m0/s1. The maximum atomic E-state index is 6.16. The fourth-order valence-electron chi connectivity index (χ4n) is 2.74. The summed E-state index contributed by atoms with van der Waals surface area (Å²) in [5.41, 5.74) is 1.99. The number of ether oxygens (including phenoxy) is 1. The van der Waals surface area contributed by atoms with Crippen molar-refractivity contribution >= 4 is 24.0 Å². The van der Waals surface area contributed by atoms with Gasteiger partial charge in [0, 0.05) is 17.2 Å². The van der Waals surface area contributed by atoms with Crippen LogP contribution >= 0.6 is 6.49 Å². The van der Waals surface area contributed by atoms with Crippen LogP contribution in [0, 0.1) is 5.41 Å². The molecule has 2 aromatic rings. The summed E-state index contributed by atoms with van der Waals surface area (Å²) >= 11 is 5.92. The van der Waals surface area contributed by atoms with Gasteiger partial charge in [-0.2, -0.15) is 0 Å². The molecule has 0 radical (unpaired) electrons. The minimum absolute atomic E-state index is 0.0154. The van der Waals surface area contributed by atoms with Crippen LogP contribution in [0.15, 0.2) is 54.6 Å². The highest BCUT2D eigenvalue weighted by molar-refractivity contribution is 8.10. The molecular weight excluding hydrogens is 365 g/mol. The SMILES string of the molecule is CCOc1cccc(N[C@H](c2ccccc2)P2(=S)OCC(C)(C)CO2)c1. The predicted molar refractivity (Wildman–Crippen MR) is 110 cm³/mol. The van der Waals surface area contributed by atoms with E-state index in [0.717, 1.165) is 17.0 Å². The third kappa shape index (κ3) is 4.66. The largest absolute Gasteiger partial charge is 0.494 e. The van der Waals surface area contributed by atoms with Gasteiger partial charge in [0.2, 0.25) is 6.49 Å². The summed E-state index contributed by atoms with van der Waals surface area (Å²) in [4.78, 5) is 0. The Morgan fingerprint density at radius 3 is 2.46 bits per heavy atom. The van der Waals surface area contributed by atoms with Gasteiger partial charge in [0.25, 0.3) is 0 Å². The number of hydrogen-bond acceptors (Lipinski definition) is 5. The molecule has 0 saturated carbocycles. The average Bonchev–Trinajstić information content (AvgIpc) is 2.64. The highest BCUT2D eigenvalue weighted by Gasteiger charge is 2.40. The highest BCUT2D eigenvalue weighted by Crippen LogP contribution is 2.64. The van der Waals surface area contributed by atoms with Crippen molar-refractivity contribution in [2.75, 3.05) is 25.1 Å². The number of hydrogen-bond donors (Lipinski definition) is 1. The quantitative estimate of drug-likeness (QED) is 0.651. The lowest BCUT2D eigenvalue weighted by atomic mass is 9.97. The molecule has 1 N–H and O–H groups in total. The van der Waals surface area contributed by atoms with E-state index in [1.807, 2.05) is 49.4 Å². The number of benzene rings is 2. The second kappa shape index (κ2) is 8.10. The molecule has 0 amide bonds. The van der Waals surface area contributed by atoms with E-state index < -0.39 is 6.49 Å². The highest BCUT2D eigenvalue weighted by atomic mass is 32.5. The Morgan fingerprint density at radius 2 is 1.81 bits per heavy atom. The summed E-state index contributed by atoms with van der Waals surface area (Å²) in [7, 11) is 0. The van der Waals surface area contributed by atoms with Gasteiger partial charge in [-0.15, -0.1) is 0 Å². The first-order valence-electron chi connectivity index (χ1n) is 8.85.